The second kappa shape index (κ2) is 8.14. The minimum absolute atomic E-state index is 0.158. The lowest BCUT2D eigenvalue weighted by atomic mass is 10.1. The number of nitrogens with two attached hydrogens (primary N) is 1. The number of carbonyl (C=O) groups is 2. The molecule has 0 aliphatic rings. The molecule has 27 heavy (non-hydrogen) atoms. The maximum Gasteiger partial charge on any atom is 0.255 e. The highest BCUT2D eigenvalue weighted by Crippen LogP contribution is 2.19. The second-order valence-electron chi connectivity index (χ2n) is 5.81. The lowest BCUT2D eigenvalue weighted by molar-refractivity contribution is 0.0994. The lowest BCUT2D eigenvalue weighted by Crippen LogP contribution is -2.13. The minimum Gasteiger partial charge on any atom is -0.488 e. The van der Waals surface area contributed by atoms with Gasteiger partial charge in [0.1, 0.15) is 18.2 Å². The summed E-state index contributed by atoms with van der Waals surface area (Å²) in [5.41, 5.74) is 7.14. The molecule has 0 radical (unpaired) electrons. The van der Waals surface area contributed by atoms with Crippen molar-refractivity contribution in [2.24, 2.45) is 5.73 Å². The number of rotatable bonds is 6. The number of para-hydroxylation sites is 1. The van der Waals surface area contributed by atoms with E-state index in [2.05, 4.69) is 5.32 Å². The quantitative estimate of drug-likeness (QED) is 0.699. The first-order chi connectivity index (χ1) is 13.0. The SMILES string of the molecule is NC(=O)c1ccccc1OCc1cccc(C(=O)Nc2cccc(F)c2)c1. The summed E-state index contributed by atoms with van der Waals surface area (Å²) in [6.07, 6.45) is 0. The van der Waals surface area contributed by atoms with Crippen molar-refractivity contribution >= 4 is 17.5 Å². The fourth-order valence-electron chi connectivity index (χ4n) is 2.53. The number of halogens is 1. The number of hydrogen-bond acceptors (Lipinski definition) is 3. The third kappa shape index (κ3) is 4.70. The molecule has 3 N–H and O–H groups in total. The summed E-state index contributed by atoms with van der Waals surface area (Å²) in [5, 5.41) is 2.64. The Hall–Kier alpha value is -3.67. The number of amides is 2. The normalized spacial score (nSPS) is 10.3. The van der Waals surface area contributed by atoms with Crippen LogP contribution in [0.3, 0.4) is 0 Å². The Kier molecular flexibility index (Phi) is 5.47. The maximum absolute atomic E-state index is 13.2. The van der Waals surface area contributed by atoms with Crippen LogP contribution >= 0.6 is 0 Å². The van der Waals surface area contributed by atoms with Crippen LogP contribution in [-0.2, 0) is 6.61 Å². The van der Waals surface area contributed by atoms with E-state index in [0.29, 0.717) is 17.0 Å². The summed E-state index contributed by atoms with van der Waals surface area (Å²) in [4.78, 5) is 23.8. The van der Waals surface area contributed by atoms with E-state index in [0.717, 1.165) is 5.56 Å². The van der Waals surface area contributed by atoms with Gasteiger partial charge >= 0.3 is 0 Å². The number of carbonyl (C=O) groups excluding carboxylic acids is 2. The summed E-state index contributed by atoms with van der Waals surface area (Å²) < 4.78 is 18.9. The summed E-state index contributed by atoms with van der Waals surface area (Å²) in [6.45, 7) is 0.158. The average molecular weight is 364 g/mol. The molecule has 0 aliphatic heterocycles. The largest absolute Gasteiger partial charge is 0.488 e. The molecule has 0 saturated carbocycles. The molecule has 3 aromatic rings. The van der Waals surface area contributed by atoms with Crippen LogP contribution < -0.4 is 15.8 Å². The van der Waals surface area contributed by atoms with E-state index in [1.54, 1.807) is 54.6 Å². The molecule has 6 heteroatoms. The van der Waals surface area contributed by atoms with Gasteiger partial charge in [-0.25, -0.2) is 4.39 Å². The molecule has 0 heterocycles. The molecule has 2 amide bonds. The van der Waals surface area contributed by atoms with E-state index in [4.69, 9.17) is 10.5 Å². The van der Waals surface area contributed by atoms with Gasteiger partial charge in [-0.1, -0.05) is 30.3 Å². The van der Waals surface area contributed by atoms with Crippen LogP contribution in [0.15, 0.2) is 72.8 Å². The van der Waals surface area contributed by atoms with Crippen molar-refractivity contribution in [1.82, 2.24) is 0 Å². The Bertz CT molecular complexity index is 988. The monoisotopic (exact) mass is 364 g/mol. The van der Waals surface area contributed by atoms with Gasteiger partial charge in [0, 0.05) is 11.3 Å². The highest BCUT2D eigenvalue weighted by molar-refractivity contribution is 6.04. The number of primary amides is 1. The van der Waals surface area contributed by atoms with Crippen molar-refractivity contribution in [3.05, 3.63) is 95.3 Å². The maximum atomic E-state index is 13.2. The van der Waals surface area contributed by atoms with E-state index in [1.165, 1.54) is 18.2 Å². The van der Waals surface area contributed by atoms with Gasteiger partial charge in [0.25, 0.3) is 11.8 Å². The fourth-order valence-corrected chi connectivity index (χ4v) is 2.53. The van der Waals surface area contributed by atoms with Crippen LogP contribution in [0.25, 0.3) is 0 Å². The Morgan fingerprint density at radius 2 is 1.74 bits per heavy atom. The van der Waals surface area contributed by atoms with Crippen molar-refractivity contribution in [3.63, 3.8) is 0 Å². The third-order valence-electron chi connectivity index (χ3n) is 3.82. The number of anilines is 1. The highest BCUT2D eigenvalue weighted by atomic mass is 19.1. The van der Waals surface area contributed by atoms with Gasteiger partial charge in [0.05, 0.1) is 5.56 Å². The number of ether oxygens (including phenoxy) is 1. The van der Waals surface area contributed by atoms with Crippen molar-refractivity contribution in [2.75, 3.05) is 5.32 Å². The van der Waals surface area contributed by atoms with Crippen molar-refractivity contribution < 1.29 is 18.7 Å². The van der Waals surface area contributed by atoms with Gasteiger partial charge < -0.3 is 15.8 Å². The van der Waals surface area contributed by atoms with Crippen LogP contribution in [0.4, 0.5) is 10.1 Å². The first-order valence-electron chi connectivity index (χ1n) is 8.20. The molecule has 0 atom stereocenters. The van der Waals surface area contributed by atoms with E-state index < -0.39 is 11.7 Å². The molecule has 3 rings (SSSR count). The zero-order valence-electron chi connectivity index (χ0n) is 14.3. The third-order valence-corrected chi connectivity index (χ3v) is 3.82. The van der Waals surface area contributed by atoms with Crippen LogP contribution in [0, 0.1) is 5.82 Å². The van der Waals surface area contributed by atoms with E-state index in [1.807, 2.05) is 0 Å². The molecular formula is C21H17FN2O3. The van der Waals surface area contributed by atoms with Crippen molar-refractivity contribution in [3.8, 4) is 5.75 Å². The van der Waals surface area contributed by atoms with E-state index in [9.17, 15) is 14.0 Å². The Morgan fingerprint density at radius 3 is 2.52 bits per heavy atom. The summed E-state index contributed by atoms with van der Waals surface area (Å²) in [5.74, 6) is -0.989. The topological polar surface area (TPSA) is 81.4 Å². The predicted octanol–water partition coefficient (Wildman–Crippen LogP) is 3.76. The van der Waals surface area contributed by atoms with E-state index in [-0.39, 0.29) is 18.1 Å². The standard InChI is InChI=1S/C21H17FN2O3/c22-16-7-4-8-17(12-16)24-21(26)15-6-3-5-14(11-15)13-27-19-10-2-1-9-18(19)20(23)25/h1-12H,13H2,(H2,23,25)(H,24,26). The molecule has 0 spiro atoms. The van der Waals surface area contributed by atoms with E-state index >= 15 is 0 Å². The lowest BCUT2D eigenvalue weighted by Gasteiger charge is -2.11. The predicted molar refractivity (Wildman–Crippen MR) is 100 cm³/mol. The molecule has 0 fully saturated rings. The Balaban J connectivity index is 1.70. The molecule has 3 aromatic carbocycles. The van der Waals surface area contributed by atoms with Crippen molar-refractivity contribution in [2.45, 2.75) is 6.61 Å². The summed E-state index contributed by atoms with van der Waals surface area (Å²) in [7, 11) is 0. The zero-order valence-corrected chi connectivity index (χ0v) is 14.3. The smallest absolute Gasteiger partial charge is 0.255 e. The summed E-state index contributed by atoms with van der Waals surface area (Å²) >= 11 is 0. The average Bonchev–Trinajstić information content (AvgIpc) is 2.67. The molecular weight excluding hydrogens is 347 g/mol. The van der Waals surface area contributed by atoms with Crippen LogP contribution in [0.1, 0.15) is 26.3 Å². The number of hydrogen-bond donors (Lipinski definition) is 2. The Labute approximate surface area is 155 Å². The van der Waals surface area contributed by atoms with Gasteiger partial charge in [-0.3, -0.25) is 9.59 Å². The van der Waals surface area contributed by atoms with Gasteiger partial charge in [0.2, 0.25) is 0 Å². The number of benzene rings is 3. The van der Waals surface area contributed by atoms with Crippen LogP contribution in [0.2, 0.25) is 0 Å². The highest BCUT2D eigenvalue weighted by Gasteiger charge is 2.10. The molecule has 0 bridgehead atoms. The van der Waals surface area contributed by atoms with Gasteiger partial charge in [0.15, 0.2) is 0 Å². The molecule has 0 aliphatic carbocycles. The van der Waals surface area contributed by atoms with Gasteiger partial charge in [-0.05, 0) is 48.0 Å². The Morgan fingerprint density at radius 1 is 0.963 bits per heavy atom. The van der Waals surface area contributed by atoms with Crippen LogP contribution in [0.5, 0.6) is 5.75 Å². The minimum atomic E-state index is -0.575. The van der Waals surface area contributed by atoms with Crippen LogP contribution in [-0.4, -0.2) is 11.8 Å². The summed E-state index contributed by atoms with van der Waals surface area (Å²) in [6, 6.07) is 19.2. The zero-order chi connectivity index (χ0) is 19.2. The van der Waals surface area contributed by atoms with Crippen molar-refractivity contribution in [1.29, 1.82) is 0 Å². The molecule has 0 aromatic heterocycles. The first kappa shape index (κ1) is 18.1. The number of nitrogens with one attached hydrogen (secondary N) is 1. The van der Waals surface area contributed by atoms with Gasteiger partial charge in [-0.2, -0.15) is 0 Å². The molecule has 136 valence electrons. The first-order valence-corrected chi connectivity index (χ1v) is 8.20. The fraction of sp³-hybridized carbons (Fsp3) is 0.0476. The molecule has 5 nitrogen and oxygen atoms in total. The molecule has 0 unspecified atom stereocenters. The molecule has 0 saturated heterocycles. The second-order valence-corrected chi connectivity index (χ2v) is 5.81. The van der Waals surface area contributed by atoms with Gasteiger partial charge in [-0.15, -0.1) is 0 Å².